The molecular formula is C17H24BrFN2O2. The van der Waals surface area contributed by atoms with Crippen molar-refractivity contribution < 1.29 is 13.9 Å². The van der Waals surface area contributed by atoms with E-state index < -0.39 is 5.60 Å². The van der Waals surface area contributed by atoms with Gasteiger partial charge in [-0.25, -0.2) is 9.18 Å². The molecule has 1 saturated carbocycles. The third kappa shape index (κ3) is 5.68. The van der Waals surface area contributed by atoms with E-state index in [1.54, 1.807) is 6.07 Å². The molecular weight excluding hydrogens is 363 g/mol. The standard InChI is InChI=1S/C17H24BrFN2O2/c1-17(2,3)23-16(22)21-12-9-7-11(8-10-12)20-15-13(18)5-4-6-14(15)19/h4-6,11-12,20H,7-10H2,1-3H3,(H,21,22). The number of carbonyl (C=O) groups is 1. The van der Waals surface area contributed by atoms with E-state index in [4.69, 9.17) is 4.74 Å². The van der Waals surface area contributed by atoms with Crippen molar-refractivity contribution in [2.24, 2.45) is 0 Å². The van der Waals surface area contributed by atoms with Crippen molar-refractivity contribution in [1.29, 1.82) is 0 Å². The smallest absolute Gasteiger partial charge is 0.407 e. The summed E-state index contributed by atoms with van der Waals surface area (Å²) in [5, 5.41) is 6.17. The van der Waals surface area contributed by atoms with E-state index in [-0.39, 0.29) is 24.0 Å². The number of nitrogens with one attached hydrogen (secondary N) is 2. The molecule has 4 nitrogen and oxygen atoms in total. The van der Waals surface area contributed by atoms with Gasteiger partial charge in [0.15, 0.2) is 0 Å². The Balaban J connectivity index is 1.81. The Morgan fingerprint density at radius 2 is 1.83 bits per heavy atom. The summed E-state index contributed by atoms with van der Waals surface area (Å²) in [6, 6.07) is 5.27. The molecule has 1 fully saturated rings. The van der Waals surface area contributed by atoms with Crippen molar-refractivity contribution in [3.63, 3.8) is 0 Å². The van der Waals surface area contributed by atoms with E-state index >= 15 is 0 Å². The van der Waals surface area contributed by atoms with Crippen molar-refractivity contribution in [3.8, 4) is 0 Å². The molecule has 128 valence electrons. The third-order valence-corrected chi connectivity index (χ3v) is 4.42. The van der Waals surface area contributed by atoms with Crippen molar-refractivity contribution in [1.82, 2.24) is 5.32 Å². The maximum absolute atomic E-state index is 13.8. The molecule has 6 heteroatoms. The molecule has 2 N–H and O–H groups in total. The number of carbonyl (C=O) groups excluding carboxylic acids is 1. The lowest BCUT2D eigenvalue weighted by Gasteiger charge is -2.31. The number of hydrogen-bond acceptors (Lipinski definition) is 3. The fraction of sp³-hybridized carbons (Fsp3) is 0.588. The van der Waals surface area contributed by atoms with Gasteiger partial charge in [-0.2, -0.15) is 0 Å². The maximum Gasteiger partial charge on any atom is 0.407 e. The molecule has 0 heterocycles. The molecule has 0 atom stereocenters. The van der Waals surface area contributed by atoms with Gasteiger partial charge in [0, 0.05) is 16.6 Å². The SMILES string of the molecule is CC(C)(C)OC(=O)NC1CCC(Nc2c(F)cccc2Br)CC1. The van der Waals surface area contributed by atoms with Gasteiger partial charge in [-0.15, -0.1) is 0 Å². The second-order valence-electron chi connectivity index (χ2n) is 6.94. The quantitative estimate of drug-likeness (QED) is 0.781. The van der Waals surface area contributed by atoms with E-state index in [1.807, 2.05) is 26.8 Å². The van der Waals surface area contributed by atoms with Crippen LogP contribution in [0.4, 0.5) is 14.9 Å². The van der Waals surface area contributed by atoms with Crippen LogP contribution in [0.15, 0.2) is 22.7 Å². The van der Waals surface area contributed by atoms with Gasteiger partial charge in [0.2, 0.25) is 0 Å². The summed E-state index contributed by atoms with van der Waals surface area (Å²) in [6.07, 6.45) is 3.08. The minimum absolute atomic E-state index is 0.118. The topological polar surface area (TPSA) is 50.4 Å². The molecule has 1 aliphatic rings. The van der Waals surface area contributed by atoms with Crippen LogP contribution in [0.5, 0.6) is 0 Å². The number of hydrogen-bond donors (Lipinski definition) is 2. The fourth-order valence-corrected chi connectivity index (χ4v) is 3.15. The number of benzene rings is 1. The van der Waals surface area contributed by atoms with Crippen LogP contribution in [0, 0.1) is 5.82 Å². The summed E-state index contributed by atoms with van der Waals surface area (Å²) in [7, 11) is 0. The monoisotopic (exact) mass is 386 g/mol. The first kappa shape index (κ1) is 18.0. The lowest BCUT2D eigenvalue weighted by atomic mass is 9.91. The summed E-state index contributed by atoms with van der Waals surface area (Å²) in [6.45, 7) is 5.54. The zero-order valence-corrected chi connectivity index (χ0v) is 15.4. The predicted octanol–water partition coefficient (Wildman–Crippen LogP) is 4.84. The van der Waals surface area contributed by atoms with Crippen LogP contribution >= 0.6 is 15.9 Å². The van der Waals surface area contributed by atoms with Crippen molar-refractivity contribution in [3.05, 3.63) is 28.5 Å². The summed E-state index contributed by atoms with van der Waals surface area (Å²) in [5.74, 6) is -0.256. The van der Waals surface area contributed by atoms with Crippen LogP contribution in [0.2, 0.25) is 0 Å². The summed E-state index contributed by atoms with van der Waals surface area (Å²) >= 11 is 3.37. The van der Waals surface area contributed by atoms with Crippen LogP contribution in [-0.2, 0) is 4.74 Å². The molecule has 0 aliphatic heterocycles. The number of halogens is 2. The Bertz CT molecular complexity index is 532. The zero-order chi connectivity index (χ0) is 17.0. The van der Waals surface area contributed by atoms with Crippen LogP contribution in [-0.4, -0.2) is 23.8 Å². The predicted molar refractivity (Wildman–Crippen MR) is 93.1 cm³/mol. The first-order valence-electron chi connectivity index (χ1n) is 7.94. The van der Waals surface area contributed by atoms with Gasteiger partial charge in [0.25, 0.3) is 0 Å². The van der Waals surface area contributed by atoms with E-state index in [1.165, 1.54) is 6.07 Å². The highest BCUT2D eigenvalue weighted by atomic mass is 79.9. The number of ether oxygens (including phenoxy) is 1. The van der Waals surface area contributed by atoms with E-state index in [2.05, 4.69) is 26.6 Å². The minimum Gasteiger partial charge on any atom is -0.444 e. The van der Waals surface area contributed by atoms with Gasteiger partial charge < -0.3 is 15.4 Å². The average Bonchev–Trinajstić information content (AvgIpc) is 2.43. The maximum atomic E-state index is 13.8. The molecule has 1 aliphatic carbocycles. The number of amides is 1. The van der Waals surface area contributed by atoms with Gasteiger partial charge >= 0.3 is 6.09 Å². The Hall–Kier alpha value is -1.30. The van der Waals surface area contributed by atoms with E-state index in [0.29, 0.717) is 5.69 Å². The molecule has 0 spiro atoms. The third-order valence-electron chi connectivity index (χ3n) is 3.76. The zero-order valence-electron chi connectivity index (χ0n) is 13.8. The highest BCUT2D eigenvalue weighted by molar-refractivity contribution is 9.10. The summed E-state index contributed by atoms with van der Waals surface area (Å²) in [5.41, 5.74) is 0.0241. The molecule has 0 saturated heterocycles. The molecule has 2 rings (SSSR count). The lowest BCUT2D eigenvalue weighted by molar-refractivity contribution is 0.0492. The van der Waals surface area contributed by atoms with Crippen molar-refractivity contribution >= 4 is 27.7 Å². The van der Waals surface area contributed by atoms with E-state index in [9.17, 15) is 9.18 Å². The molecule has 1 aromatic carbocycles. The van der Waals surface area contributed by atoms with Crippen LogP contribution in [0.25, 0.3) is 0 Å². The average molecular weight is 387 g/mol. The molecule has 0 unspecified atom stereocenters. The summed E-state index contributed by atoms with van der Waals surface area (Å²) < 4.78 is 19.8. The number of anilines is 1. The first-order chi connectivity index (χ1) is 10.7. The highest BCUT2D eigenvalue weighted by Crippen LogP contribution is 2.29. The highest BCUT2D eigenvalue weighted by Gasteiger charge is 2.25. The Morgan fingerprint density at radius 3 is 2.39 bits per heavy atom. The molecule has 23 heavy (non-hydrogen) atoms. The Labute approximate surface area is 145 Å². The minimum atomic E-state index is -0.486. The summed E-state index contributed by atoms with van der Waals surface area (Å²) in [4.78, 5) is 11.8. The fourth-order valence-electron chi connectivity index (χ4n) is 2.70. The molecule has 1 amide bonds. The number of para-hydroxylation sites is 1. The molecule has 0 aromatic heterocycles. The second-order valence-corrected chi connectivity index (χ2v) is 7.79. The molecule has 0 bridgehead atoms. The largest absolute Gasteiger partial charge is 0.444 e. The molecule has 0 radical (unpaired) electrons. The van der Waals surface area contributed by atoms with Gasteiger partial charge in [-0.05, 0) is 74.5 Å². The van der Waals surface area contributed by atoms with Crippen molar-refractivity contribution in [2.75, 3.05) is 5.32 Å². The van der Waals surface area contributed by atoms with Gasteiger partial charge in [0.05, 0.1) is 5.69 Å². The normalized spacial score (nSPS) is 21.6. The van der Waals surface area contributed by atoms with Crippen LogP contribution < -0.4 is 10.6 Å². The van der Waals surface area contributed by atoms with Gasteiger partial charge in [0.1, 0.15) is 11.4 Å². The Kier molecular flexibility index (Phi) is 5.89. The van der Waals surface area contributed by atoms with Crippen molar-refractivity contribution in [2.45, 2.75) is 64.1 Å². The number of rotatable bonds is 3. The van der Waals surface area contributed by atoms with Crippen LogP contribution in [0.1, 0.15) is 46.5 Å². The number of alkyl carbamates (subject to hydrolysis) is 1. The van der Waals surface area contributed by atoms with Gasteiger partial charge in [-0.3, -0.25) is 0 Å². The first-order valence-corrected chi connectivity index (χ1v) is 8.74. The van der Waals surface area contributed by atoms with E-state index in [0.717, 1.165) is 30.2 Å². The van der Waals surface area contributed by atoms with Crippen LogP contribution in [0.3, 0.4) is 0 Å². The second kappa shape index (κ2) is 7.51. The molecule has 1 aromatic rings. The Morgan fingerprint density at radius 1 is 1.22 bits per heavy atom. The van der Waals surface area contributed by atoms with Gasteiger partial charge in [-0.1, -0.05) is 6.07 Å². The lowest BCUT2D eigenvalue weighted by Crippen LogP contribution is -2.42.